The van der Waals surface area contributed by atoms with Gasteiger partial charge in [0.2, 0.25) is 0 Å². The van der Waals surface area contributed by atoms with Crippen LogP contribution in [-0.2, 0) is 0 Å². The third-order valence-corrected chi connectivity index (χ3v) is 9.86. The van der Waals surface area contributed by atoms with E-state index in [1.807, 2.05) is 11.8 Å². The fourth-order valence-corrected chi connectivity index (χ4v) is 8.13. The highest BCUT2D eigenvalue weighted by atomic mass is 32.2. The van der Waals surface area contributed by atoms with E-state index in [2.05, 4.69) is 150 Å². The molecule has 0 amide bonds. The third kappa shape index (κ3) is 3.38. The SMILES string of the molecule is c1ccc(-n2c3ccccc3c3ccc(C4c5c(ccc6ccccc56)Sc5ccc6ccccc6c54)cc32)cc1. The molecule has 9 rings (SSSR count). The van der Waals surface area contributed by atoms with E-state index in [-0.39, 0.29) is 5.92 Å². The van der Waals surface area contributed by atoms with E-state index in [0.717, 1.165) is 0 Å². The Labute approximate surface area is 242 Å². The number of hydrogen-bond donors (Lipinski definition) is 0. The van der Waals surface area contributed by atoms with Crippen molar-refractivity contribution in [3.63, 3.8) is 0 Å². The van der Waals surface area contributed by atoms with Gasteiger partial charge in [-0.3, -0.25) is 0 Å². The maximum atomic E-state index is 2.46. The highest BCUT2D eigenvalue weighted by Gasteiger charge is 2.31. The van der Waals surface area contributed by atoms with Gasteiger partial charge in [-0.2, -0.15) is 0 Å². The first kappa shape index (κ1) is 23.0. The second kappa shape index (κ2) is 8.86. The van der Waals surface area contributed by atoms with E-state index in [1.54, 1.807) is 0 Å². The number of para-hydroxylation sites is 2. The zero-order valence-electron chi connectivity index (χ0n) is 22.3. The summed E-state index contributed by atoms with van der Waals surface area (Å²) < 4.78 is 2.43. The lowest BCUT2D eigenvalue weighted by Crippen LogP contribution is -2.12. The highest BCUT2D eigenvalue weighted by Crippen LogP contribution is 2.53. The number of fused-ring (bicyclic) bond motifs is 9. The lowest BCUT2D eigenvalue weighted by molar-refractivity contribution is 0.926. The molecule has 41 heavy (non-hydrogen) atoms. The van der Waals surface area contributed by atoms with Gasteiger partial charge in [0, 0.05) is 32.2 Å². The van der Waals surface area contributed by atoms with Crippen molar-refractivity contribution in [1.29, 1.82) is 0 Å². The van der Waals surface area contributed by atoms with Crippen LogP contribution < -0.4 is 0 Å². The highest BCUT2D eigenvalue weighted by molar-refractivity contribution is 7.99. The van der Waals surface area contributed by atoms with Crippen LogP contribution in [0.2, 0.25) is 0 Å². The first-order chi connectivity index (χ1) is 20.3. The minimum absolute atomic E-state index is 0.116. The van der Waals surface area contributed by atoms with Crippen LogP contribution >= 0.6 is 11.8 Å². The number of rotatable bonds is 2. The summed E-state index contributed by atoms with van der Waals surface area (Å²) in [6, 6.07) is 53.7. The van der Waals surface area contributed by atoms with E-state index in [0.29, 0.717) is 0 Å². The Balaban J connectivity index is 1.41. The van der Waals surface area contributed by atoms with Crippen LogP contribution in [0.15, 0.2) is 155 Å². The Morgan fingerprint density at radius 1 is 0.439 bits per heavy atom. The van der Waals surface area contributed by atoms with Crippen molar-refractivity contribution in [3.8, 4) is 5.69 Å². The molecule has 0 saturated heterocycles. The standard InChI is InChI=1S/C39H25NS/c1-2-12-28(13-3-1)40-33-17-9-8-16-31(33)32-21-18-27(24-34(32)40)37-38-29-14-6-4-10-25(29)19-22-35(38)41-36-23-20-26-11-5-7-15-30(26)39(36)37/h1-24,37H. The van der Waals surface area contributed by atoms with Gasteiger partial charge in [0.15, 0.2) is 0 Å². The van der Waals surface area contributed by atoms with E-state index in [9.17, 15) is 0 Å². The molecule has 2 heterocycles. The predicted octanol–water partition coefficient (Wildman–Crippen LogP) is 10.7. The van der Waals surface area contributed by atoms with E-state index >= 15 is 0 Å². The minimum atomic E-state index is 0.116. The Hall–Kier alpha value is -4.79. The molecule has 0 aliphatic carbocycles. The van der Waals surface area contributed by atoms with Gasteiger partial charge in [0.1, 0.15) is 0 Å². The smallest absolute Gasteiger partial charge is 0.0544 e. The van der Waals surface area contributed by atoms with Crippen molar-refractivity contribution < 1.29 is 0 Å². The van der Waals surface area contributed by atoms with Crippen molar-refractivity contribution in [1.82, 2.24) is 4.57 Å². The summed E-state index contributed by atoms with van der Waals surface area (Å²) in [6.07, 6.45) is 0. The van der Waals surface area contributed by atoms with Gasteiger partial charge in [-0.25, -0.2) is 0 Å². The van der Waals surface area contributed by atoms with Crippen LogP contribution in [0.1, 0.15) is 22.6 Å². The molecular formula is C39H25NS. The molecule has 1 aromatic heterocycles. The molecule has 7 aromatic carbocycles. The molecule has 0 radical (unpaired) electrons. The topological polar surface area (TPSA) is 4.93 Å². The van der Waals surface area contributed by atoms with Crippen molar-refractivity contribution in [3.05, 3.63) is 162 Å². The summed E-state index contributed by atoms with van der Waals surface area (Å²) >= 11 is 1.91. The quantitative estimate of drug-likeness (QED) is 0.211. The van der Waals surface area contributed by atoms with Gasteiger partial charge in [-0.05, 0) is 74.6 Å². The van der Waals surface area contributed by atoms with Crippen molar-refractivity contribution in [2.45, 2.75) is 15.7 Å². The molecule has 1 nitrogen and oxygen atoms in total. The average molecular weight is 540 g/mol. The van der Waals surface area contributed by atoms with Crippen LogP contribution in [-0.4, -0.2) is 4.57 Å². The van der Waals surface area contributed by atoms with Gasteiger partial charge in [0.25, 0.3) is 0 Å². The molecule has 2 heteroatoms. The monoisotopic (exact) mass is 539 g/mol. The molecule has 0 atom stereocenters. The number of aromatic nitrogens is 1. The van der Waals surface area contributed by atoms with Crippen LogP contribution in [0, 0.1) is 0 Å². The number of benzene rings is 7. The maximum Gasteiger partial charge on any atom is 0.0544 e. The molecule has 0 fully saturated rings. The fraction of sp³-hybridized carbons (Fsp3) is 0.0256. The van der Waals surface area contributed by atoms with Crippen LogP contribution in [0.3, 0.4) is 0 Å². The Morgan fingerprint density at radius 2 is 1.00 bits per heavy atom. The van der Waals surface area contributed by atoms with Gasteiger partial charge in [-0.15, -0.1) is 0 Å². The second-order valence-corrected chi connectivity index (χ2v) is 12.0. The zero-order chi connectivity index (χ0) is 26.9. The van der Waals surface area contributed by atoms with Crippen molar-refractivity contribution in [2.75, 3.05) is 0 Å². The van der Waals surface area contributed by atoms with Crippen molar-refractivity contribution >= 4 is 55.1 Å². The Kier molecular flexibility index (Phi) is 4.96. The maximum absolute atomic E-state index is 2.46. The predicted molar refractivity (Wildman–Crippen MR) is 174 cm³/mol. The molecule has 8 aromatic rings. The molecule has 0 saturated carbocycles. The summed E-state index contributed by atoms with van der Waals surface area (Å²) in [7, 11) is 0. The van der Waals surface area contributed by atoms with Crippen LogP contribution in [0.4, 0.5) is 0 Å². The van der Waals surface area contributed by atoms with E-state index < -0.39 is 0 Å². The third-order valence-electron chi connectivity index (χ3n) is 8.70. The normalized spacial score (nSPS) is 13.2. The van der Waals surface area contributed by atoms with Gasteiger partial charge < -0.3 is 4.57 Å². The van der Waals surface area contributed by atoms with Crippen molar-refractivity contribution in [2.24, 2.45) is 0 Å². The molecule has 192 valence electrons. The van der Waals surface area contributed by atoms with Gasteiger partial charge in [-0.1, -0.05) is 121 Å². The fourth-order valence-electron chi connectivity index (χ4n) is 6.94. The molecule has 1 aliphatic rings. The zero-order valence-corrected chi connectivity index (χ0v) is 23.1. The summed E-state index contributed by atoms with van der Waals surface area (Å²) in [4.78, 5) is 2.69. The van der Waals surface area contributed by atoms with E-state index in [1.165, 1.54) is 75.5 Å². The first-order valence-corrected chi connectivity index (χ1v) is 15.0. The minimum Gasteiger partial charge on any atom is -0.309 e. The first-order valence-electron chi connectivity index (χ1n) is 14.1. The lowest BCUT2D eigenvalue weighted by Gasteiger charge is -2.31. The lowest BCUT2D eigenvalue weighted by atomic mass is 9.80. The molecule has 1 aliphatic heterocycles. The molecule has 0 N–H and O–H groups in total. The summed E-state index contributed by atoms with van der Waals surface area (Å²) in [6.45, 7) is 0. The Morgan fingerprint density at radius 3 is 1.68 bits per heavy atom. The second-order valence-electron chi connectivity index (χ2n) is 10.9. The van der Waals surface area contributed by atoms with E-state index in [4.69, 9.17) is 0 Å². The molecular weight excluding hydrogens is 515 g/mol. The largest absolute Gasteiger partial charge is 0.309 e. The average Bonchev–Trinajstić information content (AvgIpc) is 3.37. The summed E-state index contributed by atoms with van der Waals surface area (Å²) in [5, 5.41) is 7.83. The van der Waals surface area contributed by atoms with Gasteiger partial charge >= 0.3 is 0 Å². The molecule has 0 spiro atoms. The summed E-state index contributed by atoms with van der Waals surface area (Å²) in [5.74, 6) is 0.116. The molecule has 0 unspecified atom stereocenters. The van der Waals surface area contributed by atoms with Gasteiger partial charge in [0.05, 0.1) is 11.0 Å². The van der Waals surface area contributed by atoms with Crippen LogP contribution in [0.5, 0.6) is 0 Å². The summed E-state index contributed by atoms with van der Waals surface area (Å²) in [5.41, 5.74) is 7.83. The Bertz CT molecular complexity index is 2210. The molecule has 0 bridgehead atoms. The number of hydrogen-bond acceptors (Lipinski definition) is 1. The number of nitrogens with zero attached hydrogens (tertiary/aromatic N) is 1. The van der Waals surface area contributed by atoms with Crippen LogP contribution in [0.25, 0.3) is 49.0 Å².